The molecule has 3 aromatic heterocycles. The summed E-state index contributed by atoms with van der Waals surface area (Å²) in [6, 6.07) is 11.4. The number of benzene rings is 1. The predicted octanol–water partition coefficient (Wildman–Crippen LogP) is 2.41. The minimum Gasteiger partial charge on any atom is -0.364 e. The van der Waals surface area contributed by atoms with Crippen molar-refractivity contribution in [1.82, 2.24) is 34.7 Å². The number of H-pyrrole nitrogens is 1. The van der Waals surface area contributed by atoms with E-state index in [0.29, 0.717) is 29.4 Å². The first-order valence-corrected chi connectivity index (χ1v) is 10.6. The monoisotopic (exact) mass is 428 g/mol. The summed E-state index contributed by atoms with van der Waals surface area (Å²) in [5.41, 5.74) is 3.89. The highest BCUT2D eigenvalue weighted by molar-refractivity contribution is 5.95. The van der Waals surface area contributed by atoms with Crippen LogP contribution in [0.15, 0.2) is 55.1 Å². The van der Waals surface area contributed by atoms with Gasteiger partial charge >= 0.3 is 0 Å². The molecule has 0 bridgehead atoms. The van der Waals surface area contributed by atoms with Gasteiger partial charge < -0.3 is 20.1 Å². The fourth-order valence-corrected chi connectivity index (χ4v) is 3.73. The Bertz CT molecular complexity index is 1210. The fraction of sp³-hybridized carbons (Fsp3) is 0.261. The van der Waals surface area contributed by atoms with Gasteiger partial charge in [0.05, 0.1) is 6.33 Å². The number of pyridine rings is 1. The van der Waals surface area contributed by atoms with Gasteiger partial charge in [-0.1, -0.05) is 18.2 Å². The number of carbonyl (C=O) groups is 1. The quantitative estimate of drug-likeness (QED) is 0.503. The van der Waals surface area contributed by atoms with Gasteiger partial charge in [0.15, 0.2) is 17.3 Å². The molecule has 1 aliphatic rings. The first kappa shape index (κ1) is 20.1. The van der Waals surface area contributed by atoms with Crippen molar-refractivity contribution in [3.63, 3.8) is 0 Å². The van der Waals surface area contributed by atoms with Gasteiger partial charge in [0.2, 0.25) is 0 Å². The lowest BCUT2D eigenvalue weighted by atomic mass is 10.1. The minimum atomic E-state index is 0.0622. The molecule has 4 aromatic rings. The molecular formula is C23H24N8O. The molecule has 1 aliphatic heterocycles. The van der Waals surface area contributed by atoms with E-state index in [4.69, 9.17) is 4.98 Å². The molecule has 32 heavy (non-hydrogen) atoms. The number of rotatable bonds is 5. The lowest BCUT2D eigenvalue weighted by molar-refractivity contribution is 0.0664. The zero-order chi connectivity index (χ0) is 21.9. The number of hydrogen-bond acceptors (Lipinski definition) is 7. The third-order valence-corrected chi connectivity index (χ3v) is 5.65. The van der Waals surface area contributed by atoms with E-state index in [1.807, 2.05) is 47.5 Å². The van der Waals surface area contributed by atoms with Gasteiger partial charge in [0.1, 0.15) is 5.52 Å². The molecule has 0 unspecified atom stereocenters. The number of amides is 1. The highest BCUT2D eigenvalue weighted by atomic mass is 16.2. The van der Waals surface area contributed by atoms with E-state index in [2.05, 4.69) is 37.2 Å². The molecule has 162 valence electrons. The summed E-state index contributed by atoms with van der Waals surface area (Å²) in [5, 5.41) is 3.35. The second kappa shape index (κ2) is 8.72. The SMILES string of the molecule is CN1CCN(C(=O)c2ccc(-c3nc(NCc4cccnc4)c4[nH]cnc4n3)cc2)CC1. The molecule has 9 heteroatoms. The van der Waals surface area contributed by atoms with E-state index >= 15 is 0 Å². The number of imidazole rings is 1. The standard InChI is InChI=1S/C23H24N8O/c1-30-9-11-31(12-10-30)23(32)18-6-4-17(5-7-18)20-28-21(19-22(29-20)27-15-26-19)25-14-16-3-2-8-24-13-16/h2-8,13,15H,9-12,14H2,1H3,(H2,25,26,27,28,29). The number of aromatic amines is 1. The average molecular weight is 429 g/mol. The van der Waals surface area contributed by atoms with Gasteiger partial charge in [0.25, 0.3) is 5.91 Å². The number of anilines is 1. The van der Waals surface area contributed by atoms with Gasteiger partial charge in [0, 0.05) is 56.2 Å². The van der Waals surface area contributed by atoms with Crippen LogP contribution < -0.4 is 5.32 Å². The van der Waals surface area contributed by atoms with Crippen molar-refractivity contribution in [2.24, 2.45) is 0 Å². The Balaban J connectivity index is 1.37. The number of hydrogen-bond donors (Lipinski definition) is 2. The van der Waals surface area contributed by atoms with Crippen molar-refractivity contribution in [2.45, 2.75) is 6.54 Å². The number of aromatic nitrogens is 5. The first-order valence-electron chi connectivity index (χ1n) is 10.6. The molecule has 0 saturated carbocycles. The molecule has 0 atom stereocenters. The molecule has 1 aromatic carbocycles. The van der Waals surface area contributed by atoms with Crippen LogP contribution >= 0.6 is 0 Å². The van der Waals surface area contributed by atoms with E-state index in [-0.39, 0.29) is 5.91 Å². The molecule has 0 aliphatic carbocycles. The normalized spacial score (nSPS) is 14.6. The van der Waals surface area contributed by atoms with Crippen LogP contribution in [0, 0.1) is 0 Å². The molecule has 0 spiro atoms. The largest absolute Gasteiger partial charge is 0.364 e. The van der Waals surface area contributed by atoms with Crippen molar-refractivity contribution >= 4 is 22.9 Å². The van der Waals surface area contributed by atoms with Gasteiger partial charge in [-0.25, -0.2) is 15.0 Å². The summed E-state index contributed by atoms with van der Waals surface area (Å²) < 4.78 is 0. The van der Waals surface area contributed by atoms with Crippen molar-refractivity contribution in [2.75, 3.05) is 38.5 Å². The van der Waals surface area contributed by atoms with Crippen LogP contribution in [0.2, 0.25) is 0 Å². The minimum absolute atomic E-state index is 0.0622. The highest BCUT2D eigenvalue weighted by Gasteiger charge is 2.20. The Morgan fingerprint density at radius 2 is 1.91 bits per heavy atom. The maximum absolute atomic E-state index is 12.8. The van der Waals surface area contributed by atoms with E-state index in [1.165, 1.54) is 0 Å². The zero-order valence-electron chi connectivity index (χ0n) is 17.8. The number of likely N-dealkylation sites (N-methyl/N-ethyl adjacent to an activating group) is 1. The van der Waals surface area contributed by atoms with Crippen LogP contribution in [0.1, 0.15) is 15.9 Å². The Morgan fingerprint density at radius 3 is 2.66 bits per heavy atom. The molecule has 4 heterocycles. The maximum Gasteiger partial charge on any atom is 0.253 e. The van der Waals surface area contributed by atoms with Crippen LogP contribution in [0.3, 0.4) is 0 Å². The van der Waals surface area contributed by atoms with Crippen LogP contribution in [-0.2, 0) is 6.54 Å². The van der Waals surface area contributed by atoms with Crippen LogP contribution in [0.25, 0.3) is 22.6 Å². The van der Waals surface area contributed by atoms with E-state index in [0.717, 1.165) is 42.8 Å². The third kappa shape index (κ3) is 4.15. The van der Waals surface area contributed by atoms with Gasteiger partial charge in [-0.2, -0.15) is 0 Å². The Hall–Kier alpha value is -3.85. The van der Waals surface area contributed by atoms with Gasteiger partial charge in [-0.15, -0.1) is 0 Å². The van der Waals surface area contributed by atoms with Crippen molar-refractivity contribution in [3.8, 4) is 11.4 Å². The summed E-state index contributed by atoms with van der Waals surface area (Å²) in [7, 11) is 2.08. The Kier molecular flexibility index (Phi) is 5.47. The summed E-state index contributed by atoms with van der Waals surface area (Å²) in [4.78, 5) is 37.8. The summed E-state index contributed by atoms with van der Waals surface area (Å²) in [6.07, 6.45) is 5.17. The number of nitrogens with zero attached hydrogens (tertiary/aromatic N) is 6. The van der Waals surface area contributed by atoms with Crippen molar-refractivity contribution in [3.05, 3.63) is 66.2 Å². The molecule has 2 N–H and O–H groups in total. The Labute approximate surface area is 185 Å². The summed E-state index contributed by atoms with van der Waals surface area (Å²) in [5.74, 6) is 1.29. The summed E-state index contributed by atoms with van der Waals surface area (Å²) in [6.45, 7) is 3.88. The molecular weight excluding hydrogens is 404 g/mol. The topological polar surface area (TPSA) is 103 Å². The molecule has 1 fully saturated rings. The third-order valence-electron chi connectivity index (χ3n) is 5.65. The van der Waals surface area contributed by atoms with E-state index in [9.17, 15) is 4.79 Å². The molecule has 5 rings (SSSR count). The predicted molar refractivity (Wildman–Crippen MR) is 122 cm³/mol. The van der Waals surface area contributed by atoms with E-state index in [1.54, 1.807) is 12.5 Å². The lowest BCUT2D eigenvalue weighted by Crippen LogP contribution is -2.47. The fourth-order valence-electron chi connectivity index (χ4n) is 3.73. The van der Waals surface area contributed by atoms with Crippen molar-refractivity contribution in [1.29, 1.82) is 0 Å². The summed E-state index contributed by atoms with van der Waals surface area (Å²) >= 11 is 0. The van der Waals surface area contributed by atoms with Crippen LogP contribution in [0.5, 0.6) is 0 Å². The Morgan fingerprint density at radius 1 is 1.09 bits per heavy atom. The molecule has 1 amide bonds. The second-order valence-electron chi connectivity index (χ2n) is 7.88. The molecule has 1 saturated heterocycles. The average Bonchev–Trinajstić information content (AvgIpc) is 3.32. The van der Waals surface area contributed by atoms with E-state index < -0.39 is 0 Å². The van der Waals surface area contributed by atoms with Crippen LogP contribution in [-0.4, -0.2) is 73.9 Å². The maximum atomic E-state index is 12.8. The number of nitrogens with one attached hydrogen (secondary N) is 2. The lowest BCUT2D eigenvalue weighted by Gasteiger charge is -2.32. The van der Waals surface area contributed by atoms with Gasteiger partial charge in [-0.05, 0) is 30.8 Å². The zero-order valence-corrected chi connectivity index (χ0v) is 17.8. The number of piperazine rings is 1. The van der Waals surface area contributed by atoms with Gasteiger partial charge in [-0.3, -0.25) is 9.78 Å². The molecule has 9 nitrogen and oxygen atoms in total. The highest BCUT2D eigenvalue weighted by Crippen LogP contribution is 2.24. The first-order chi connectivity index (χ1) is 15.7. The number of carbonyl (C=O) groups excluding carboxylic acids is 1. The number of fused-ring (bicyclic) bond motifs is 1. The van der Waals surface area contributed by atoms with Crippen molar-refractivity contribution < 1.29 is 4.79 Å². The second-order valence-corrected chi connectivity index (χ2v) is 7.88. The smallest absolute Gasteiger partial charge is 0.253 e. The van der Waals surface area contributed by atoms with Crippen LogP contribution in [0.4, 0.5) is 5.82 Å². The molecule has 0 radical (unpaired) electrons.